The Morgan fingerprint density at radius 2 is 2.38 bits per heavy atom. The maximum atomic E-state index is 12.6. The first kappa shape index (κ1) is 9.38. The number of aliphatic carboxylic acids is 1. The zero-order valence-corrected chi connectivity index (χ0v) is 6.99. The highest BCUT2D eigenvalue weighted by atomic mass is 19.1. The number of carbonyl (C=O) groups is 1. The minimum atomic E-state index is -1.04. The zero-order valence-electron chi connectivity index (χ0n) is 6.99. The van der Waals surface area contributed by atoms with E-state index in [4.69, 9.17) is 5.11 Å². The minimum Gasteiger partial charge on any atom is -0.478 e. The molecule has 0 aliphatic rings. The molecule has 1 aromatic rings. The van der Waals surface area contributed by atoms with Crippen LogP contribution in [0.15, 0.2) is 18.3 Å². The molecule has 0 amide bonds. The van der Waals surface area contributed by atoms with Gasteiger partial charge in [0.25, 0.3) is 0 Å². The van der Waals surface area contributed by atoms with Crippen molar-refractivity contribution in [3.8, 4) is 0 Å². The number of rotatable bonds is 2. The van der Waals surface area contributed by atoms with Gasteiger partial charge >= 0.3 is 5.97 Å². The first-order valence-corrected chi connectivity index (χ1v) is 3.63. The fourth-order valence-electron chi connectivity index (χ4n) is 0.839. The number of hydrogen-bond acceptors (Lipinski definition) is 2. The van der Waals surface area contributed by atoms with Crippen LogP contribution in [0.5, 0.6) is 0 Å². The first-order valence-electron chi connectivity index (χ1n) is 3.63. The molecule has 1 rings (SSSR count). The third-order valence-electron chi connectivity index (χ3n) is 1.45. The predicted octanol–water partition coefficient (Wildman–Crippen LogP) is 1.63. The number of halogens is 1. The van der Waals surface area contributed by atoms with E-state index in [9.17, 15) is 9.18 Å². The molecule has 0 unspecified atom stereocenters. The molecular weight excluding hydrogens is 173 g/mol. The van der Waals surface area contributed by atoms with Gasteiger partial charge in [-0.1, -0.05) is 0 Å². The van der Waals surface area contributed by atoms with E-state index in [1.54, 1.807) is 6.92 Å². The summed E-state index contributed by atoms with van der Waals surface area (Å²) < 4.78 is 12.6. The smallest absolute Gasteiger partial charge is 0.328 e. The molecule has 1 N–H and O–H groups in total. The van der Waals surface area contributed by atoms with Gasteiger partial charge in [-0.05, 0) is 24.6 Å². The van der Waals surface area contributed by atoms with Crippen LogP contribution in [0.1, 0.15) is 11.1 Å². The molecule has 68 valence electrons. The monoisotopic (exact) mass is 181 g/mol. The molecule has 0 bridgehead atoms. The molecule has 1 aromatic heterocycles. The Bertz CT molecular complexity index is 361. The number of hydrogen-bond donors (Lipinski definition) is 1. The van der Waals surface area contributed by atoms with Crippen LogP contribution in [-0.2, 0) is 4.79 Å². The lowest BCUT2D eigenvalue weighted by molar-refractivity contribution is -0.131. The molecule has 1 heterocycles. The van der Waals surface area contributed by atoms with E-state index in [0.29, 0.717) is 11.1 Å². The molecule has 4 heteroatoms. The summed E-state index contributed by atoms with van der Waals surface area (Å²) in [6, 6.07) is 1.53. The van der Waals surface area contributed by atoms with Crippen LogP contribution >= 0.6 is 0 Å². The second kappa shape index (κ2) is 3.80. The Morgan fingerprint density at radius 3 is 2.92 bits per heavy atom. The van der Waals surface area contributed by atoms with Crippen LogP contribution in [0, 0.1) is 12.9 Å². The Balaban J connectivity index is 2.92. The normalized spacial score (nSPS) is 10.6. The van der Waals surface area contributed by atoms with Gasteiger partial charge in [0.1, 0.15) is 0 Å². The molecule has 0 aromatic carbocycles. The van der Waals surface area contributed by atoms with Gasteiger partial charge in [-0.3, -0.25) is 0 Å². The maximum Gasteiger partial charge on any atom is 0.328 e. The summed E-state index contributed by atoms with van der Waals surface area (Å²) in [6.07, 6.45) is 3.62. The Labute approximate surface area is 74.5 Å². The molecule has 0 spiro atoms. The number of aromatic nitrogens is 1. The summed E-state index contributed by atoms with van der Waals surface area (Å²) >= 11 is 0. The summed E-state index contributed by atoms with van der Waals surface area (Å²) in [4.78, 5) is 13.6. The van der Waals surface area contributed by atoms with Crippen molar-refractivity contribution in [2.24, 2.45) is 0 Å². The van der Waals surface area contributed by atoms with Crippen molar-refractivity contribution < 1.29 is 14.3 Å². The van der Waals surface area contributed by atoms with Crippen molar-refractivity contribution in [2.45, 2.75) is 6.92 Å². The predicted molar refractivity (Wildman–Crippen MR) is 45.6 cm³/mol. The lowest BCUT2D eigenvalue weighted by atomic mass is 10.2. The molecule has 0 aliphatic heterocycles. The number of pyridine rings is 1. The molecule has 0 radical (unpaired) electrons. The van der Waals surface area contributed by atoms with Crippen LogP contribution < -0.4 is 0 Å². The lowest BCUT2D eigenvalue weighted by Crippen LogP contribution is -1.90. The van der Waals surface area contributed by atoms with Crippen LogP contribution in [0.25, 0.3) is 6.08 Å². The van der Waals surface area contributed by atoms with Gasteiger partial charge < -0.3 is 5.11 Å². The van der Waals surface area contributed by atoms with Crippen molar-refractivity contribution in [3.05, 3.63) is 35.4 Å². The molecular formula is C9H8FNO2. The molecule has 0 atom stereocenters. The third-order valence-corrected chi connectivity index (χ3v) is 1.45. The number of nitrogens with zero attached hydrogens (tertiary/aromatic N) is 1. The minimum absolute atomic E-state index is 0.396. The van der Waals surface area contributed by atoms with Gasteiger partial charge in [0.2, 0.25) is 5.95 Å². The fraction of sp³-hybridized carbons (Fsp3) is 0.111. The van der Waals surface area contributed by atoms with E-state index < -0.39 is 11.9 Å². The SMILES string of the molecule is Cc1cc(C=CC(=O)O)cnc1F. The van der Waals surface area contributed by atoms with Gasteiger partial charge in [-0.15, -0.1) is 0 Å². The Kier molecular flexibility index (Phi) is 2.74. The summed E-state index contributed by atoms with van der Waals surface area (Å²) in [7, 11) is 0. The average molecular weight is 181 g/mol. The largest absolute Gasteiger partial charge is 0.478 e. The van der Waals surface area contributed by atoms with Crippen LogP contribution in [-0.4, -0.2) is 16.1 Å². The van der Waals surface area contributed by atoms with E-state index in [1.807, 2.05) is 0 Å². The number of carboxylic acid groups (broad SMARTS) is 1. The van der Waals surface area contributed by atoms with Gasteiger partial charge in [0.15, 0.2) is 0 Å². The first-order chi connectivity index (χ1) is 6.09. The molecule has 3 nitrogen and oxygen atoms in total. The van der Waals surface area contributed by atoms with Gasteiger partial charge in [-0.2, -0.15) is 4.39 Å². The van der Waals surface area contributed by atoms with Crippen molar-refractivity contribution in [1.82, 2.24) is 4.98 Å². The highest BCUT2D eigenvalue weighted by Gasteiger charge is 1.97. The van der Waals surface area contributed by atoms with E-state index in [-0.39, 0.29) is 0 Å². The Hall–Kier alpha value is -1.71. The summed E-state index contributed by atoms with van der Waals surface area (Å²) in [5.74, 6) is -1.57. The summed E-state index contributed by atoms with van der Waals surface area (Å²) in [6.45, 7) is 1.57. The van der Waals surface area contributed by atoms with Gasteiger partial charge in [-0.25, -0.2) is 9.78 Å². The topological polar surface area (TPSA) is 50.2 Å². The van der Waals surface area contributed by atoms with Crippen molar-refractivity contribution in [1.29, 1.82) is 0 Å². The van der Waals surface area contributed by atoms with E-state index >= 15 is 0 Å². The quantitative estimate of drug-likeness (QED) is 0.557. The van der Waals surface area contributed by atoms with Gasteiger partial charge in [0.05, 0.1) is 0 Å². The van der Waals surface area contributed by atoms with E-state index in [0.717, 1.165) is 6.08 Å². The van der Waals surface area contributed by atoms with Gasteiger partial charge in [0, 0.05) is 17.8 Å². The van der Waals surface area contributed by atoms with E-state index in [2.05, 4.69) is 4.98 Å². The second-order valence-electron chi connectivity index (χ2n) is 2.55. The Morgan fingerprint density at radius 1 is 1.69 bits per heavy atom. The van der Waals surface area contributed by atoms with Crippen LogP contribution in [0.3, 0.4) is 0 Å². The summed E-state index contributed by atoms with van der Waals surface area (Å²) in [5.41, 5.74) is 0.967. The number of carboxylic acids is 1. The summed E-state index contributed by atoms with van der Waals surface area (Å²) in [5, 5.41) is 8.32. The third kappa shape index (κ3) is 2.66. The second-order valence-corrected chi connectivity index (χ2v) is 2.55. The van der Waals surface area contributed by atoms with Crippen molar-refractivity contribution >= 4 is 12.0 Å². The highest BCUT2D eigenvalue weighted by Crippen LogP contribution is 2.07. The average Bonchev–Trinajstić information content (AvgIpc) is 2.07. The van der Waals surface area contributed by atoms with Crippen LogP contribution in [0.2, 0.25) is 0 Å². The van der Waals surface area contributed by atoms with Crippen LogP contribution in [0.4, 0.5) is 4.39 Å². The molecule has 0 saturated heterocycles. The van der Waals surface area contributed by atoms with Crippen molar-refractivity contribution in [2.75, 3.05) is 0 Å². The maximum absolute atomic E-state index is 12.6. The molecule has 0 fully saturated rings. The lowest BCUT2D eigenvalue weighted by Gasteiger charge is -1.95. The van der Waals surface area contributed by atoms with Crippen molar-refractivity contribution in [3.63, 3.8) is 0 Å². The fourth-order valence-corrected chi connectivity index (χ4v) is 0.839. The standard InChI is InChI=1S/C9H8FNO2/c1-6-4-7(2-3-8(12)13)5-11-9(6)10/h2-5H,1H3,(H,12,13). The number of aryl methyl sites for hydroxylation is 1. The molecule has 0 aliphatic carbocycles. The molecule has 13 heavy (non-hydrogen) atoms. The van der Waals surface area contributed by atoms with E-state index in [1.165, 1.54) is 18.3 Å². The zero-order chi connectivity index (χ0) is 9.84. The highest BCUT2D eigenvalue weighted by molar-refractivity contribution is 5.85. The molecule has 0 saturated carbocycles.